The summed E-state index contributed by atoms with van der Waals surface area (Å²) in [6.07, 6.45) is 4.55. The van der Waals surface area contributed by atoms with E-state index in [1.165, 1.54) is 48.9 Å². The largest absolute Gasteiger partial charge is 0.573 e. The highest BCUT2D eigenvalue weighted by Gasteiger charge is 2.38. The Bertz CT molecular complexity index is 1560. The first kappa shape index (κ1) is 31.0. The number of likely N-dealkylation sites (tertiary alicyclic amines) is 2. The van der Waals surface area contributed by atoms with Gasteiger partial charge in [-0.2, -0.15) is 0 Å². The van der Waals surface area contributed by atoms with Crippen LogP contribution in [0, 0.1) is 5.41 Å². The lowest BCUT2D eigenvalue weighted by Crippen LogP contribution is -2.49. The van der Waals surface area contributed by atoms with Crippen LogP contribution in [-0.4, -0.2) is 46.9 Å². The Labute approximate surface area is 263 Å². The zero-order valence-electron chi connectivity index (χ0n) is 25.4. The zero-order chi connectivity index (χ0) is 30.7. The van der Waals surface area contributed by atoms with Crippen LogP contribution in [0.1, 0.15) is 56.6 Å². The minimum Gasteiger partial charge on any atom is -0.406 e. The quantitative estimate of drug-likeness (QED) is 0.185. The summed E-state index contributed by atoms with van der Waals surface area (Å²) in [4.78, 5) is 5.18. The van der Waals surface area contributed by atoms with Crippen molar-refractivity contribution in [2.24, 2.45) is 5.41 Å². The van der Waals surface area contributed by atoms with Crippen LogP contribution >= 0.6 is 11.6 Å². The maximum Gasteiger partial charge on any atom is 0.573 e. The fourth-order valence-corrected chi connectivity index (χ4v) is 7.38. The standard InChI is InChI=1S/C36H41ClF3N3O/c1-2-3-19-43-25-32(28-10-12-30(13-11-28)44-36(38,39)40)31-22-27(9-14-34(31)43)23-41-20-16-35(17-21-41)15-6-18-42(26-35)24-29-7-4-5-8-33(29)37/h4-5,7-14,22,25H,2-3,6,15-21,23-24,26H2,1H3. The van der Waals surface area contributed by atoms with Crippen molar-refractivity contribution in [2.75, 3.05) is 26.2 Å². The lowest BCUT2D eigenvalue weighted by atomic mass is 9.72. The molecule has 4 nitrogen and oxygen atoms in total. The minimum absolute atomic E-state index is 0.204. The summed E-state index contributed by atoms with van der Waals surface area (Å²) < 4.78 is 44.5. The number of unbranched alkanes of at least 4 members (excludes halogenated alkanes) is 1. The number of nitrogens with zero attached hydrogens (tertiary/aromatic N) is 3. The van der Waals surface area contributed by atoms with E-state index in [4.69, 9.17) is 11.6 Å². The highest BCUT2D eigenvalue weighted by atomic mass is 35.5. The van der Waals surface area contributed by atoms with Gasteiger partial charge in [0.25, 0.3) is 0 Å². The number of aromatic nitrogens is 1. The van der Waals surface area contributed by atoms with Gasteiger partial charge in [-0.15, -0.1) is 13.2 Å². The zero-order valence-corrected chi connectivity index (χ0v) is 26.1. The molecular formula is C36H41ClF3N3O. The van der Waals surface area contributed by atoms with Crippen molar-refractivity contribution in [1.82, 2.24) is 14.4 Å². The van der Waals surface area contributed by atoms with Gasteiger partial charge in [0.15, 0.2) is 0 Å². The number of fused-ring (bicyclic) bond motifs is 1. The summed E-state index contributed by atoms with van der Waals surface area (Å²) in [5.74, 6) is -0.204. The van der Waals surface area contributed by atoms with Gasteiger partial charge < -0.3 is 9.30 Å². The first-order valence-electron chi connectivity index (χ1n) is 15.9. The van der Waals surface area contributed by atoms with Crippen LogP contribution in [0.15, 0.2) is 72.9 Å². The molecule has 0 bridgehead atoms. The smallest absolute Gasteiger partial charge is 0.406 e. The van der Waals surface area contributed by atoms with Gasteiger partial charge in [0.05, 0.1) is 0 Å². The second-order valence-corrected chi connectivity index (χ2v) is 13.1. The van der Waals surface area contributed by atoms with Crippen LogP contribution in [0.25, 0.3) is 22.0 Å². The van der Waals surface area contributed by atoms with Crippen molar-refractivity contribution in [3.63, 3.8) is 0 Å². The molecule has 1 aromatic heterocycles. The highest BCUT2D eigenvalue weighted by Crippen LogP contribution is 2.41. The molecule has 8 heteroatoms. The SMILES string of the molecule is CCCCn1cc(-c2ccc(OC(F)(F)F)cc2)c2cc(CN3CCC4(CCCN(Cc5ccccc5Cl)C4)CC3)ccc21. The number of hydrogen-bond donors (Lipinski definition) is 0. The Morgan fingerprint density at radius 2 is 1.66 bits per heavy atom. The molecule has 2 aliphatic rings. The van der Waals surface area contributed by atoms with Gasteiger partial charge in [0.1, 0.15) is 5.75 Å². The van der Waals surface area contributed by atoms with E-state index in [0.29, 0.717) is 5.41 Å². The van der Waals surface area contributed by atoms with E-state index in [1.807, 2.05) is 12.1 Å². The van der Waals surface area contributed by atoms with Crippen LogP contribution in [0.5, 0.6) is 5.75 Å². The molecule has 2 fully saturated rings. The third-order valence-electron chi connectivity index (χ3n) is 9.51. The fourth-order valence-electron chi connectivity index (χ4n) is 7.19. The lowest BCUT2D eigenvalue weighted by Gasteiger charge is -2.48. The van der Waals surface area contributed by atoms with Gasteiger partial charge in [-0.25, -0.2) is 0 Å². The van der Waals surface area contributed by atoms with Crippen molar-refractivity contribution in [3.8, 4) is 16.9 Å². The molecule has 2 saturated heterocycles. The number of hydrogen-bond acceptors (Lipinski definition) is 3. The van der Waals surface area contributed by atoms with E-state index in [0.717, 1.165) is 85.7 Å². The molecule has 4 aromatic rings. The number of rotatable bonds is 9. The van der Waals surface area contributed by atoms with E-state index in [2.05, 4.69) is 62.6 Å². The van der Waals surface area contributed by atoms with Crippen LogP contribution in [-0.2, 0) is 19.6 Å². The maximum atomic E-state index is 12.7. The minimum atomic E-state index is -4.70. The van der Waals surface area contributed by atoms with Gasteiger partial charge in [0, 0.05) is 53.9 Å². The molecule has 0 aliphatic carbocycles. The maximum absolute atomic E-state index is 12.7. The Kier molecular flexibility index (Phi) is 9.27. The Balaban J connectivity index is 1.15. The number of ether oxygens (including phenoxy) is 1. The van der Waals surface area contributed by atoms with E-state index in [1.54, 1.807) is 12.1 Å². The highest BCUT2D eigenvalue weighted by molar-refractivity contribution is 6.31. The monoisotopic (exact) mass is 623 g/mol. The van der Waals surface area contributed by atoms with Crippen molar-refractivity contribution in [3.05, 3.63) is 89.1 Å². The molecule has 1 spiro atoms. The third kappa shape index (κ3) is 7.27. The van der Waals surface area contributed by atoms with Gasteiger partial charge in [0.2, 0.25) is 0 Å². The first-order valence-corrected chi connectivity index (χ1v) is 16.2. The van der Waals surface area contributed by atoms with Crippen LogP contribution in [0.3, 0.4) is 0 Å². The topological polar surface area (TPSA) is 20.6 Å². The number of piperidine rings is 2. The summed E-state index contributed by atoms with van der Waals surface area (Å²) in [5.41, 5.74) is 5.94. The number of alkyl halides is 3. The molecule has 0 unspecified atom stereocenters. The van der Waals surface area contributed by atoms with E-state index in [-0.39, 0.29) is 5.75 Å². The lowest BCUT2D eigenvalue weighted by molar-refractivity contribution is -0.274. The Hall–Kier alpha value is -3.00. The van der Waals surface area contributed by atoms with Crippen LogP contribution < -0.4 is 4.74 Å². The van der Waals surface area contributed by atoms with Crippen molar-refractivity contribution >= 4 is 22.5 Å². The Morgan fingerprint density at radius 3 is 2.39 bits per heavy atom. The van der Waals surface area contributed by atoms with Crippen LogP contribution in [0.2, 0.25) is 5.02 Å². The molecule has 44 heavy (non-hydrogen) atoms. The van der Waals surface area contributed by atoms with E-state index >= 15 is 0 Å². The molecule has 2 aliphatic heterocycles. The van der Waals surface area contributed by atoms with E-state index < -0.39 is 6.36 Å². The third-order valence-corrected chi connectivity index (χ3v) is 9.88. The number of aryl methyl sites for hydroxylation is 1. The molecule has 234 valence electrons. The molecule has 0 atom stereocenters. The van der Waals surface area contributed by atoms with Gasteiger partial charge in [-0.1, -0.05) is 61.3 Å². The predicted molar refractivity (Wildman–Crippen MR) is 172 cm³/mol. The summed E-state index contributed by atoms with van der Waals surface area (Å²) in [7, 11) is 0. The summed E-state index contributed by atoms with van der Waals surface area (Å²) in [5, 5.41) is 1.99. The summed E-state index contributed by atoms with van der Waals surface area (Å²) in [6.45, 7) is 9.34. The summed E-state index contributed by atoms with van der Waals surface area (Å²) in [6, 6.07) is 21.2. The second-order valence-electron chi connectivity index (χ2n) is 12.7. The summed E-state index contributed by atoms with van der Waals surface area (Å²) >= 11 is 6.47. The molecule has 6 rings (SSSR count). The second kappa shape index (κ2) is 13.2. The molecule has 3 heterocycles. The van der Waals surface area contributed by atoms with Crippen molar-refractivity contribution < 1.29 is 17.9 Å². The molecular weight excluding hydrogens is 583 g/mol. The van der Waals surface area contributed by atoms with Crippen molar-refractivity contribution in [1.29, 1.82) is 0 Å². The molecule has 0 saturated carbocycles. The molecule has 3 aromatic carbocycles. The first-order chi connectivity index (χ1) is 21.2. The van der Waals surface area contributed by atoms with Crippen molar-refractivity contribution in [2.45, 2.75) is 71.4 Å². The number of halogens is 4. The fraction of sp³-hybridized carbons (Fsp3) is 0.444. The average Bonchev–Trinajstić information content (AvgIpc) is 3.36. The van der Waals surface area contributed by atoms with Gasteiger partial charge in [-0.3, -0.25) is 9.80 Å². The predicted octanol–water partition coefficient (Wildman–Crippen LogP) is 9.54. The molecule has 0 amide bonds. The van der Waals surface area contributed by atoms with Crippen LogP contribution in [0.4, 0.5) is 13.2 Å². The van der Waals surface area contributed by atoms with E-state index in [9.17, 15) is 13.2 Å². The molecule has 0 N–H and O–H groups in total. The average molecular weight is 624 g/mol. The Morgan fingerprint density at radius 1 is 0.886 bits per heavy atom. The van der Waals surface area contributed by atoms with Gasteiger partial charge >= 0.3 is 6.36 Å². The number of benzene rings is 3. The normalized spacial score (nSPS) is 17.8. The van der Waals surface area contributed by atoms with Gasteiger partial charge in [-0.05, 0) is 104 Å². The molecule has 0 radical (unpaired) electrons.